The lowest BCUT2D eigenvalue weighted by Crippen LogP contribution is -2.54. The Morgan fingerprint density at radius 1 is 1.00 bits per heavy atom. The summed E-state index contributed by atoms with van der Waals surface area (Å²) in [5, 5.41) is 0. The largest absolute Gasteiger partial charge is 0.370 e. The van der Waals surface area contributed by atoms with Crippen LogP contribution in [0.3, 0.4) is 0 Å². The zero-order valence-corrected chi connectivity index (χ0v) is 28.9. The predicted octanol–water partition coefficient (Wildman–Crippen LogP) is 5.99. The number of aliphatic imine (C=N–C) groups is 2. The maximum Gasteiger partial charge on any atom is 0.191 e. The molecule has 7 rings (SSSR count). The summed E-state index contributed by atoms with van der Waals surface area (Å²) >= 11 is 0. The molecule has 0 spiro atoms. The molecular formula is C38H63N7. The first-order valence-corrected chi connectivity index (χ1v) is 18.6. The molecule has 2 aliphatic heterocycles. The van der Waals surface area contributed by atoms with E-state index >= 15 is 0 Å². The fraction of sp³-hybridized carbons (Fsp3) is 0.789. The smallest absolute Gasteiger partial charge is 0.191 e. The zero-order valence-electron chi connectivity index (χ0n) is 28.9. The van der Waals surface area contributed by atoms with Gasteiger partial charge < -0.3 is 21.3 Å². The summed E-state index contributed by atoms with van der Waals surface area (Å²) in [6, 6.07) is 12.3. The van der Waals surface area contributed by atoms with Gasteiger partial charge in [0, 0.05) is 38.3 Å². The summed E-state index contributed by atoms with van der Waals surface area (Å²) in [5.74, 6) is 5.62. The Balaban J connectivity index is 1.21. The van der Waals surface area contributed by atoms with E-state index in [1.807, 2.05) is 0 Å². The minimum atomic E-state index is 0.280. The van der Waals surface area contributed by atoms with Crippen molar-refractivity contribution in [3.63, 3.8) is 0 Å². The first-order chi connectivity index (χ1) is 21.7. The lowest BCUT2D eigenvalue weighted by molar-refractivity contribution is -0.0466. The maximum atomic E-state index is 7.13. The van der Waals surface area contributed by atoms with Crippen LogP contribution in [-0.4, -0.2) is 84.0 Å². The zero-order chi connectivity index (χ0) is 31.6. The van der Waals surface area contributed by atoms with Crippen molar-refractivity contribution in [3.8, 4) is 0 Å². The number of hydrogen-bond acceptors (Lipinski definition) is 5. The van der Waals surface area contributed by atoms with Gasteiger partial charge in [-0.15, -0.1) is 0 Å². The number of hydrogen-bond donors (Lipinski definition) is 2. The van der Waals surface area contributed by atoms with Crippen LogP contribution in [0.15, 0.2) is 40.3 Å². The number of benzene rings is 1. The summed E-state index contributed by atoms with van der Waals surface area (Å²) in [6.45, 7) is 15.1. The van der Waals surface area contributed by atoms with Gasteiger partial charge in [0.05, 0.1) is 12.6 Å². The quantitative estimate of drug-likeness (QED) is 0.198. The van der Waals surface area contributed by atoms with Crippen molar-refractivity contribution in [3.05, 3.63) is 35.9 Å². The Hall–Kier alpha value is -2.28. The Labute approximate surface area is 274 Å². The monoisotopic (exact) mass is 618 g/mol. The molecule has 1 aromatic rings. The van der Waals surface area contributed by atoms with Gasteiger partial charge in [-0.05, 0) is 118 Å². The highest BCUT2D eigenvalue weighted by molar-refractivity contribution is 5.80. The highest BCUT2D eigenvalue weighted by atomic mass is 15.4. The Morgan fingerprint density at radius 2 is 1.69 bits per heavy atom. The van der Waals surface area contributed by atoms with E-state index in [-0.39, 0.29) is 6.04 Å². The average molecular weight is 618 g/mol. The highest BCUT2D eigenvalue weighted by Gasteiger charge is 2.50. The van der Waals surface area contributed by atoms with Crippen LogP contribution in [0.4, 0.5) is 0 Å². The third-order valence-corrected chi connectivity index (χ3v) is 12.0. The molecule has 3 atom stereocenters. The molecule has 4 bridgehead atoms. The topological polar surface area (TPSA) is 86.5 Å². The number of guanidine groups is 2. The minimum absolute atomic E-state index is 0.280. The maximum absolute atomic E-state index is 7.13. The van der Waals surface area contributed by atoms with Crippen LogP contribution in [0.1, 0.15) is 97.5 Å². The molecule has 0 amide bonds. The van der Waals surface area contributed by atoms with Gasteiger partial charge in [-0.1, -0.05) is 58.0 Å². The van der Waals surface area contributed by atoms with Crippen molar-refractivity contribution in [2.24, 2.45) is 56.5 Å². The van der Waals surface area contributed by atoms with Crippen molar-refractivity contribution < 1.29 is 0 Å². The third kappa shape index (κ3) is 8.00. The van der Waals surface area contributed by atoms with Crippen LogP contribution in [0, 0.1) is 35.0 Å². The van der Waals surface area contributed by atoms with Crippen LogP contribution < -0.4 is 11.5 Å². The molecule has 2 heterocycles. The van der Waals surface area contributed by atoms with E-state index in [1.165, 1.54) is 56.9 Å². The van der Waals surface area contributed by atoms with Gasteiger partial charge in [0.25, 0.3) is 0 Å². The molecule has 1 saturated heterocycles. The molecule has 0 unspecified atom stereocenters. The van der Waals surface area contributed by atoms with Crippen molar-refractivity contribution in [2.75, 3.05) is 39.3 Å². The first-order valence-electron chi connectivity index (χ1n) is 18.6. The van der Waals surface area contributed by atoms with Crippen LogP contribution in [-0.2, 0) is 6.42 Å². The molecule has 0 radical (unpaired) electrons. The van der Waals surface area contributed by atoms with Crippen molar-refractivity contribution in [1.29, 1.82) is 0 Å². The second-order valence-corrected chi connectivity index (χ2v) is 16.7. The Morgan fingerprint density at radius 3 is 2.33 bits per heavy atom. The molecule has 4 N–H and O–H groups in total. The molecule has 4 aliphatic carbocycles. The summed E-state index contributed by atoms with van der Waals surface area (Å²) < 4.78 is 0. The highest BCUT2D eigenvalue weighted by Crippen LogP contribution is 2.60. The molecule has 4 saturated carbocycles. The van der Waals surface area contributed by atoms with Crippen molar-refractivity contribution in [1.82, 2.24) is 14.7 Å². The van der Waals surface area contributed by atoms with Crippen molar-refractivity contribution in [2.45, 2.75) is 116 Å². The minimum Gasteiger partial charge on any atom is -0.370 e. The lowest BCUT2D eigenvalue weighted by atomic mass is 9.49. The second kappa shape index (κ2) is 14.2. The SMILES string of the molecule is CC(C)CCN(C(N)=NCC12CC3CC(CC(C3)C1)C2)[C@H](Cc1ccccc1)CN1CCC[C@H]1CN1C(N)=NC[C@H]1CC(C)C. The number of nitrogens with zero attached hydrogens (tertiary/aromatic N) is 5. The van der Waals surface area contributed by atoms with E-state index in [0.29, 0.717) is 29.3 Å². The van der Waals surface area contributed by atoms with Gasteiger partial charge in [-0.25, -0.2) is 0 Å². The van der Waals surface area contributed by atoms with Gasteiger partial charge in [0.15, 0.2) is 11.9 Å². The molecule has 45 heavy (non-hydrogen) atoms. The van der Waals surface area contributed by atoms with E-state index in [2.05, 4.69) is 77.7 Å². The molecular weight excluding hydrogens is 554 g/mol. The Bertz CT molecular complexity index is 1120. The van der Waals surface area contributed by atoms with Crippen LogP contribution in [0.25, 0.3) is 0 Å². The van der Waals surface area contributed by atoms with Gasteiger partial charge in [0.1, 0.15) is 0 Å². The molecule has 7 heteroatoms. The summed E-state index contributed by atoms with van der Waals surface area (Å²) in [6.07, 6.45) is 14.3. The van der Waals surface area contributed by atoms with E-state index in [0.717, 1.165) is 88.2 Å². The number of nitrogens with two attached hydrogens (primary N) is 2. The molecule has 6 aliphatic rings. The number of likely N-dealkylation sites (tertiary alicyclic amines) is 1. The fourth-order valence-electron chi connectivity index (χ4n) is 10.3. The molecule has 5 fully saturated rings. The molecule has 7 nitrogen and oxygen atoms in total. The van der Waals surface area contributed by atoms with E-state index in [4.69, 9.17) is 16.5 Å². The van der Waals surface area contributed by atoms with Gasteiger partial charge in [0.2, 0.25) is 0 Å². The summed E-state index contributed by atoms with van der Waals surface area (Å²) in [4.78, 5) is 17.7. The van der Waals surface area contributed by atoms with E-state index < -0.39 is 0 Å². The normalized spacial score (nSPS) is 32.2. The van der Waals surface area contributed by atoms with Gasteiger partial charge in [-0.2, -0.15) is 0 Å². The lowest BCUT2D eigenvalue weighted by Gasteiger charge is -2.56. The van der Waals surface area contributed by atoms with Crippen LogP contribution in [0.5, 0.6) is 0 Å². The second-order valence-electron chi connectivity index (χ2n) is 16.7. The van der Waals surface area contributed by atoms with Crippen molar-refractivity contribution >= 4 is 11.9 Å². The third-order valence-electron chi connectivity index (χ3n) is 12.0. The first kappa shape index (κ1) is 32.7. The van der Waals surface area contributed by atoms with Crippen LogP contribution >= 0.6 is 0 Å². The van der Waals surface area contributed by atoms with Gasteiger partial charge in [-0.3, -0.25) is 14.9 Å². The standard InChI is InChI=1S/C38H63N7/c1-27(2)12-14-44(37(40)42-26-38-20-30-16-31(21-38)18-32(17-30)22-38)35(19-29-9-6-5-7-10-29)24-43-13-8-11-33(43)25-45-34(15-28(3)4)23-41-36(45)39/h5-7,9-10,27-28,30-35H,8,11-26H2,1-4H3,(H2,39,41)(H2,40,42)/t30?,31?,32?,33-,34+,35+,38?/m0/s1. The Kier molecular flexibility index (Phi) is 10.3. The molecule has 250 valence electrons. The predicted molar refractivity (Wildman–Crippen MR) is 188 cm³/mol. The molecule has 0 aromatic heterocycles. The van der Waals surface area contributed by atoms with Crippen LogP contribution in [0.2, 0.25) is 0 Å². The number of rotatable bonds is 14. The van der Waals surface area contributed by atoms with E-state index in [1.54, 1.807) is 0 Å². The average Bonchev–Trinajstić information content (AvgIpc) is 3.57. The van der Waals surface area contributed by atoms with E-state index in [9.17, 15) is 0 Å². The summed E-state index contributed by atoms with van der Waals surface area (Å²) in [5.41, 5.74) is 15.4. The fourth-order valence-corrected chi connectivity index (χ4v) is 10.3. The summed E-state index contributed by atoms with van der Waals surface area (Å²) in [7, 11) is 0. The molecule has 1 aromatic carbocycles. The van der Waals surface area contributed by atoms with Gasteiger partial charge >= 0.3 is 0 Å².